The Morgan fingerprint density at radius 2 is 1.61 bits per heavy atom. The minimum absolute atomic E-state index is 0.00192. The number of rotatable bonds is 7. The Morgan fingerprint density at radius 1 is 0.947 bits per heavy atom. The van der Waals surface area contributed by atoms with Crippen LogP contribution in [0.5, 0.6) is 0 Å². The zero-order valence-corrected chi connectivity index (χ0v) is 20.8. The van der Waals surface area contributed by atoms with E-state index >= 15 is 0 Å². The fourth-order valence-electron chi connectivity index (χ4n) is 4.17. The van der Waals surface area contributed by atoms with Gasteiger partial charge in [-0.05, 0) is 35.0 Å². The van der Waals surface area contributed by atoms with Gasteiger partial charge in [0, 0.05) is 46.2 Å². The molecule has 0 bridgehead atoms. The monoisotopic (exact) mass is 577 g/mol. The molecular weight excluding hydrogens is 559 g/mol. The molecule has 0 fully saturated rings. The number of alkyl halides is 6. The topological polar surface area (TPSA) is 62.7 Å². The number of hydrogen-bond donors (Lipinski definition) is 2. The van der Waals surface area contributed by atoms with E-state index in [1.54, 1.807) is 24.3 Å². The van der Waals surface area contributed by atoms with Gasteiger partial charge in [0.05, 0.1) is 12.3 Å². The third kappa shape index (κ3) is 5.84. The van der Waals surface area contributed by atoms with Gasteiger partial charge >= 0.3 is 12.4 Å². The van der Waals surface area contributed by atoms with E-state index in [9.17, 15) is 31.1 Å². The SMILES string of the molecule is O=C(NCCNCC(F)(F)F)c1ccc(C2=NOC(c3cc(Cl)cc(Cl)c3)(C(F)(F)F)C2)c2ccccc12. The minimum atomic E-state index is -4.87. The summed E-state index contributed by atoms with van der Waals surface area (Å²) in [6.45, 7) is -1.37. The van der Waals surface area contributed by atoms with Gasteiger partial charge in [-0.1, -0.05) is 58.7 Å². The molecule has 38 heavy (non-hydrogen) atoms. The molecule has 1 heterocycles. The van der Waals surface area contributed by atoms with E-state index in [4.69, 9.17) is 28.0 Å². The molecule has 1 unspecified atom stereocenters. The average molecular weight is 578 g/mol. The van der Waals surface area contributed by atoms with E-state index < -0.39 is 36.8 Å². The Hall–Kier alpha value is -3.02. The fourth-order valence-corrected chi connectivity index (χ4v) is 4.70. The van der Waals surface area contributed by atoms with Crippen LogP contribution >= 0.6 is 23.2 Å². The largest absolute Gasteiger partial charge is 0.435 e. The van der Waals surface area contributed by atoms with Crippen molar-refractivity contribution >= 4 is 45.6 Å². The molecule has 0 spiro atoms. The minimum Gasteiger partial charge on any atom is -0.374 e. The first-order chi connectivity index (χ1) is 17.8. The molecule has 5 nitrogen and oxygen atoms in total. The van der Waals surface area contributed by atoms with Crippen molar-refractivity contribution in [3.8, 4) is 0 Å². The average Bonchev–Trinajstić information content (AvgIpc) is 3.28. The third-order valence-corrected chi connectivity index (χ3v) is 6.34. The third-order valence-electron chi connectivity index (χ3n) is 5.91. The van der Waals surface area contributed by atoms with E-state index in [1.807, 2.05) is 0 Å². The van der Waals surface area contributed by atoms with Gasteiger partial charge in [-0.15, -0.1) is 0 Å². The van der Waals surface area contributed by atoms with Crippen LogP contribution in [0.4, 0.5) is 26.3 Å². The smallest absolute Gasteiger partial charge is 0.374 e. The molecule has 0 aliphatic carbocycles. The summed E-state index contributed by atoms with van der Waals surface area (Å²) in [6, 6.07) is 13.0. The number of carbonyl (C=O) groups is 1. The van der Waals surface area contributed by atoms with Crippen molar-refractivity contribution in [1.29, 1.82) is 0 Å². The van der Waals surface area contributed by atoms with Crippen molar-refractivity contribution in [3.63, 3.8) is 0 Å². The lowest BCUT2D eigenvalue weighted by molar-refractivity contribution is -0.275. The summed E-state index contributed by atoms with van der Waals surface area (Å²) in [5.74, 6) is -0.552. The maximum atomic E-state index is 14.4. The highest BCUT2D eigenvalue weighted by Gasteiger charge is 2.62. The van der Waals surface area contributed by atoms with Crippen molar-refractivity contribution in [2.45, 2.75) is 24.4 Å². The molecule has 1 atom stereocenters. The first-order valence-corrected chi connectivity index (χ1v) is 11.9. The Balaban J connectivity index is 1.61. The standard InChI is InChI=1S/C25H19Cl2F6N3O2/c26-15-9-14(10-16(27)11-15)23(25(31,32)33)12-21(36-38-23)19-5-6-20(18-4-2-1-3-17(18)19)22(37)35-8-7-34-13-24(28,29)30/h1-6,9-11,34H,7-8,12-13H2,(H,35,37). The second-order valence-corrected chi connectivity index (χ2v) is 9.42. The molecule has 0 aromatic heterocycles. The predicted octanol–water partition coefficient (Wildman–Crippen LogP) is 6.61. The molecule has 0 saturated heterocycles. The summed E-state index contributed by atoms with van der Waals surface area (Å²) >= 11 is 11.9. The molecule has 202 valence electrons. The van der Waals surface area contributed by atoms with E-state index in [-0.39, 0.29) is 40.0 Å². The van der Waals surface area contributed by atoms with Crippen molar-refractivity contribution in [3.05, 3.63) is 81.3 Å². The molecular formula is C25H19Cl2F6N3O2. The van der Waals surface area contributed by atoms with Gasteiger partial charge in [-0.3, -0.25) is 4.79 Å². The first-order valence-electron chi connectivity index (χ1n) is 11.2. The van der Waals surface area contributed by atoms with Crippen LogP contribution in [0.15, 0.2) is 59.8 Å². The lowest BCUT2D eigenvalue weighted by Crippen LogP contribution is -2.42. The summed E-state index contributed by atoms with van der Waals surface area (Å²) in [4.78, 5) is 17.8. The van der Waals surface area contributed by atoms with Crippen molar-refractivity contribution in [2.24, 2.45) is 5.16 Å². The highest BCUT2D eigenvalue weighted by atomic mass is 35.5. The van der Waals surface area contributed by atoms with Gasteiger partial charge in [0.2, 0.25) is 0 Å². The normalized spacial score (nSPS) is 17.8. The van der Waals surface area contributed by atoms with Crippen LogP contribution in [0.2, 0.25) is 10.0 Å². The van der Waals surface area contributed by atoms with Gasteiger partial charge in [0.15, 0.2) is 0 Å². The van der Waals surface area contributed by atoms with E-state index in [0.717, 1.165) is 12.1 Å². The fraction of sp³-hybridized carbons (Fsp3) is 0.280. The van der Waals surface area contributed by atoms with Gasteiger partial charge in [-0.2, -0.15) is 26.3 Å². The number of benzene rings is 3. The van der Waals surface area contributed by atoms with E-state index in [1.165, 1.54) is 18.2 Å². The predicted molar refractivity (Wildman–Crippen MR) is 132 cm³/mol. The molecule has 1 aliphatic rings. The van der Waals surface area contributed by atoms with Crippen molar-refractivity contribution in [2.75, 3.05) is 19.6 Å². The van der Waals surface area contributed by atoms with Gasteiger partial charge < -0.3 is 15.5 Å². The number of fused-ring (bicyclic) bond motifs is 1. The maximum absolute atomic E-state index is 14.4. The molecule has 1 aliphatic heterocycles. The Kier molecular flexibility index (Phi) is 7.83. The second-order valence-electron chi connectivity index (χ2n) is 8.54. The number of amides is 1. The van der Waals surface area contributed by atoms with Crippen molar-refractivity contribution in [1.82, 2.24) is 10.6 Å². The van der Waals surface area contributed by atoms with Gasteiger partial charge in [0.25, 0.3) is 11.5 Å². The summed E-state index contributed by atoms with van der Waals surface area (Å²) in [5, 5.41) is 9.37. The van der Waals surface area contributed by atoms with Gasteiger partial charge in [-0.25, -0.2) is 0 Å². The summed E-state index contributed by atoms with van der Waals surface area (Å²) in [6.07, 6.45) is -9.92. The quantitative estimate of drug-likeness (QED) is 0.245. The molecule has 3 aromatic carbocycles. The number of nitrogens with zero attached hydrogens (tertiary/aromatic N) is 1. The van der Waals surface area contributed by atoms with Crippen LogP contribution < -0.4 is 10.6 Å². The van der Waals surface area contributed by atoms with Gasteiger partial charge in [0.1, 0.15) is 0 Å². The summed E-state index contributed by atoms with van der Waals surface area (Å²) < 4.78 is 79.9. The number of halogens is 8. The maximum Gasteiger partial charge on any atom is 0.435 e. The molecule has 4 rings (SSSR count). The van der Waals surface area contributed by atoms with Crippen molar-refractivity contribution < 1.29 is 36.0 Å². The summed E-state index contributed by atoms with van der Waals surface area (Å²) in [7, 11) is 0. The molecule has 2 N–H and O–H groups in total. The lowest BCUT2D eigenvalue weighted by atomic mass is 9.85. The second kappa shape index (κ2) is 10.6. The Bertz CT molecular complexity index is 1370. The Morgan fingerprint density at radius 3 is 2.24 bits per heavy atom. The molecule has 1 amide bonds. The molecule has 0 saturated carbocycles. The highest BCUT2D eigenvalue weighted by Crippen LogP contribution is 2.50. The van der Waals surface area contributed by atoms with E-state index in [2.05, 4.69) is 15.8 Å². The first kappa shape index (κ1) is 28.0. The molecule has 0 radical (unpaired) electrons. The van der Waals surface area contributed by atoms with Crippen LogP contribution in [-0.2, 0) is 10.4 Å². The zero-order valence-electron chi connectivity index (χ0n) is 19.3. The van der Waals surface area contributed by atoms with E-state index in [0.29, 0.717) is 16.3 Å². The van der Waals surface area contributed by atoms with Crippen LogP contribution in [0.25, 0.3) is 10.8 Å². The molecule has 13 heteroatoms. The number of carbonyl (C=O) groups excluding carboxylic acids is 1. The van der Waals surface area contributed by atoms with Crippen LogP contribution in [0.1, 0.15) is 27.9 Å². The number of oxime groups is 1. The Labute approximate surface area is 222 Å². The zero-order chi connectivity index (χ0) is 27.7. The van der Waals surface area contributed by atoms with Crippen LogP contribution in [0.3, 0.4) is 0 Å². The number of nitrogens with one attached hydrogen (secondary N) is 2. The lowest BCUT2D eigenvalue weighted by Gasteiger charge is -2.29. The summed E-state index contributed by atoms with van der Waals surface area (Å²) in [5.41, 5.74) is -2.61. The van der Waals surface area contributed by atoms with Crippen LogP contribution in [0, 0.1) is 0 Å². The number of hydrogen-bond acceptors (Lipinski definition) is 4. The highest BCUT2D eigenvalue weighted by molar-refractivity contribution is 6.34. The molecule has 3 aromatic rings. The van der Waals surface area contributed by atoms with Crippen LogP contribution in [-0.4, -0.2) is 43.6 Å².